The lowest BCUT2D eigenvalue weighted by atomic mass is 10.0. The van der Waals surface area contributed by atoms with Gasteiger partial charge in [0.05, 0.1) is 5.92 Å². The Bertz CT molecular complexity index is 902. The monoisotopic (exact) mass is 349 g/mol. The Kier molecular flexibility index (Phi) is 3.43. The van der Waals surface area contributed by atoms with Gasteiger partial charge in [0.15, 0.2) is 0 Å². The molecule has 10 heteroatoms. The number of thiophene rings is 1. The first-order valence-electron chi connectivity index (χ1n) is 6.79. The first-order valence-corrected chi connectivity index (χ1v) is 9.11. The van der Waals surface area contributed by atoms with Crippen molar-refractivity contribution >= 4 is 21.4 Å². The van der Waals surface area contributed by atoms with Crippen molar-refractivity contribution in [3.8, 4) is 11.6 Å². The van der Waals surface area contributed by atoms with E-state index in [-0.39, 0.29) is 5.92 Å². The molecule has 8 nitrogen and oxygen atoms in total. The number of sulfonamides is 1. The summed E-state index contributed by atoms with van der Waals surface area (Å²) in [6.07, 6.45) is 3.19. The summed E-state index contributed by atoms with van der Waals surface area (Å²) in [5, 5.41) is 5.59. The highest BCUT2D eigenvalue weighted by molar-refractivity contribution is 7.91. The highest BCUT2D eigenvalue weighted by Gasteiger charge is 2.40. The van der Waals surface area contributed by atoms with Gasteiger partial charge in [-0.05, 0) is 17.5 Å². The summed E-state index contributed by atoms with van der Waals surface area (Å²) in [6.45, 7) is 0.662. The van der Waals surface area contributed by atoms with E-state index in [0.29, 0.717) is 34.8 Å². The molecule has 0 radical (unpaired) electrons. The molecule has 1 fully saturated rings. The zero-order valence-corrected chi connectivity index (χ0v) is 13.4. The molecule has 1 saturated heterocycles. The zero-order chi connectivity index (χ0) is 15.9. The van der Waals surface area contributed by atoms with E-state index in [0.717, 1.165) is 0 Å². The van der Waals surface area contributed by atoms with Crippen LogP contribution >= 0.6 is 11.3 Å². The van der Waals surface area contributed by atoms with Crippen LogP contribution in [0.25, 0.3) is 11.6 Å². The largest absolute Gasteiger partial charge is 0.338 e. The topological polar surface area (TPSA) is 102 Å². The number of hydrogen-bond donors (Lipinski definition) is 0. The zero-order valence-electron chi connectivity index (χ0n) is 11.7. The SMILES string of the molecule is O=S(=O)(c1cccs1)N1CC(c2nc(-c3ncccn3)no2)C1. The van der Waals surface area contributed by atoms with Gasteiger partial charge < -0.3 is 4.52 Å². The molecular weight excluding hydrogens is 338 g/mol. The lowest BCUT2D eigenvalue weighted by Gasteiger charge is -2.35. The fourth-order valence-electron chi connectivity index (χ4n) is 2.23. The molecule has 4 heterocycles. The maximum atomic E-state index is 12.3. The second-order valence-electron chi connectivity index (χ2n) is 4.98. The normalized spacial score (nSPS) is 16.3. The highest BCUT2D eigenvalue weighted by atomic mass is 32.2. The van der Waals surface area contributed by atoms with Crippen molar-refractivity contribution in [1.82, 2.24) is 24.4 Å². The summed E-state index contributed by atoms with van der Waals surface area (Å²) >= 11 is 1.21. The van der Waals surface area contributed by atoms with Gasteiger partial charge in [0, 0.05) is 25.5 Å². The Morgan fingerprint density at radius 3 is 2.65 bits per heavy atom. The average molecular weight is 349 g/mol. The van der Waals surface area contributed by atoms with Crippen LogP contribution in [0.15, 0.2) is 44.7 Å². The summed E-state index contributed by atoms with van der Waals surface area (Å²) < 4.78 is 31.6. The first kappa shape index (κ1) is 14.4. The minimum Gasteiger partial charge on any atom is -0.338 e. The molecule has 1 aliphatic rings. The van der Waals surface area contributed by atoms with Crippen molar-refractivity contribution in [2.45, 2.75) is 10.1 Å². The van der Waals surface area contributed by atoms with Crippen LogP contribution in [0, 0.1) is 0 Å². The summed E-state index contributed by atoms with van der Waals surface area (Å²) in [6, 6.07) is 5.02. The lowest BCUT2D eigenvalue weighted by molar-refractivity contribution is 0.217. The third-order valence-electron chi connectivity index (χ3n) is 3.49. The number of nitrogens with zero attached hydrogens (tertiary/aromatic N) is 5. The molecule has 23 heavy (non-hydrogen) atoms. The molecular formula is C13H11N5O3S2. The molecule has 0 unspecified atom stereocenters. The molecule has 118 valence electrons. The molecule has 0 spiro atoms. The fraction of sp³-hybridized carbons (Fsp3) is 0.231. The van der Waals surface area contributed by atoms with E-state index in [1.165, 1.54) is 15.6 Å². The number of aromatic nitrogens is 4. The average Bonchev–Trinajstić information content (AvgIpc) is 3.18. The van der Waals surface area contributed by atoms with E-state index in [2.05, 4.69) is 20.1 Å². The standard InChI is InChI=1S/C13H11N5O3S2/c19-23(20,10-3-1-6-22-10)18-7-9(8-18)13-16-12(17-21-13)11-14-4-2-5-15-11/h1-6,9H,7-8H2. The van der Waals surface area contributed by atoms with Crippen LogP contribution in [0.5, 0.6) is 0 Å². The van der Waals surface area contributed by atoms with E-state index >= 15 is 0 Å². The highest BCUT2D eigenvalue weighted by Crippen LogP contribution is 2.32. The summed E-state index contributed by atoms with van der Waals surface area (Å²) in [5.41, 5.74) is 0. The van der Waals surface area contributed by atoms with E-state index in [9.17, 15) is 8.42 Å². The molecule has 1 aliphatic heterocycles. The molecule has 0 amide bonds. The molecule has 0 aliphatic carbocycles. The van der Waals surface area contributed by atoms with Crippen LogP contribution in [0.4, 0.5) is 0 Å². The molecule has 0 atom stereocenters. The van der Waals surface area contributed by atoms with Gasteiger partial charge in [-0.15, -0.1) is 11.3 Å². The van der Waals surface area contributed by atoms with Crippen molar-refractivity contribution in [1.29, 1.82) is 0 Å². The minimum atomic E-state index is -3.41. The van der Waals surface area contributed by atoms with Gasteiger partial charge in [-0.3, -0.25) is 0 Å². The van der Waals surface area contributed by atoms with Crippen molar-refractivity contribution in [3.05, 3.63) is 41.9 Å². The fourth-order valence-corrected chi connectivity index (χ4v) is 4.91. The van der Waals surface area contributed by atoms with Crippen molar-refractivity contribution in [2.24, 2.45) is 0 Å². The molecule has 0 aromatic carbocycles. The minimum absolute atomic E-state index is 0.102. The Morgan fingerprint density at radius 2 is 1.96 bits per heavy atom. The second kappa shape index (κ2) is 5.48. The van der Waals surface area contributed by atoms with Gasteiger partial charge in [-0.25, -0.2) is 18.4 Å². The Morgan fingerprint density at radius 1 is 1.17 bits per heavy atom. The molecule has 3 aromatic heterocycles. The molecule has 0 bridgehead atoms. The smallest absolute Gasteiger partial charge is 0.252 e. The van der Waals surface area contributed by atoms with Gasteiger partial charge in [-0.1, -0.05) is 11.2 Å². The van der Waals surface area contributed by atoms with E-state index in [1.54, 1.807) is 36.0 Å². The predicted octanol–water partition coefficient (Wildman–Crippen LogP) is 1.38. The van der Waals surface area contributed by atoms with Crippen LogP contribution in [0.2, 0.25) is 0 Å². The maximum absolute atomic E-state index is 12.3. The molecule has 0 saturated carbocycles. The Hall–Kier alpha value is -2.17. The van der Waals surface area contributed by atoms with E-state index in [4.69, 9.17) is 4.52 Å². The quantitative estimate of drug-likeness (QED) is 0.701. The second-order valence-corrected chi connectivity index (χ2v) is 8.09. The third kappa shape index (κ3) is 2.54. The van der Waals surface area contributed by atoms with Crippen LogP contribution < -0.4 is 0 Å². The van der Waals surface area contributed by atoms with Gasteiger partial charge in [0.1, 0.15) is 4.21 Å². The summed E-state index contributed by atoms with van der Waals surface area (Å²) in [4.78, 5) is 12.4. The van der Waals surface area contributed by atoms with Crippen molar-refractivity contribution < 1.29 is 12.9 Å². The predicted molar refractivity (Wildman–Crippen MR) is 81.1 cm³/mol. The lowest BCUT2D eigenvalue weighted by Crippen LogP contribution is -2.48. The van der Waals surface area contributed by atoms with Crippen molar-refractivity contribution in [3.63, 3.8) is 0 Å². The molecule has 3 aromatic rings. The molecule has 4 rings (SSSR count). The summed E-state index contributed by atoms with van der Waals surface area (Å²) in [7, 11) is -3.41. The third-order valence-corrected chi connectivity index (χ3v) is 6.70. The Labute approximate surface area is 135 Å². The first-order chi connectivity index (χ1) is 11.1. The van der Waals surface area contributed by atoms with Gasteiger partial charge in [0.2, 0.25) is 17.5 Å². The van der Waals surface area contributed by atoms with Crippen LogP contribution in [0.1, 0.15) is 11.8 Å². The van der Waals surface area contributed by atoms with Crippen LogP contribution in [-0.2, 0) is 10.0 Å². The van der Waals surface area contributed by atoms with E-state index < -0.39 is 10.0 Å². The number of rotatable bonds is 4. The van der Waals surface area contributed by atoms with Gasteiger partial charge >= 0.3 is 0 Å². The maximum Gasteiger partial charge on any atom is 0.252 e. The van der Waals surface area contributed by atoms with Crippen molar-refractivity contribution in [2.75, 3.05) is 13.1 Å². The van der Waals surface area contributed by atoms with Crippen LogP contribution in [0.3, 0.4) is 0 Å². The van der Waals surface area contributed by atoms with E-state index in [1.807, 2.05) is 0 Å². The summed E-state index contributed by atoms with van der Waals surface area (Å²) in [5.74, 6) is 0.991. The van der Waals surface area contributed by atoms with Gasteiger partial charge in [-0.2, -0.15) is 9.29 Å². The Balaban J connectivity index is 1.48. The van der Waals surface area contributed by atoms with Crippen LogP contribution in [-0.4, -0.2) is 45.9 Å². The number of hydrogen-bond acceptors (Lipinski definition) is 8. The van der Waals surface area contributed by atoms with Gasteiger partial charge in [0.25, 0.3) is 10.0 Å². The molecule has 0 N–H and O–H groups in total.